The predicted octanol–water partition coefficient (Wildman–Crippen LogP) is 2.53. The molecule has 90 valence electrons. The third-order valence-electron chi connectivity index (χ3n) is 1.91. The normalized spacial score (nSPS) is 12.1. The maximum atomic E-state index is 12.9. The van der Waals surface area contributed by atoms with E-state index in [-0.39, 0.29) is 6.54 Å². The van der Waals surface area contributed by atoms with Crippen molar-refractivity contribution in [3.8, 4) is 5.75 Å². The zero-order valence-electron chi connectivity index (χ0n) is 8.55. The fourth-order valence-electron chi connectivity index (χ4n) is 1.32. The second kappa shape index (κ2) is 4.69. The van der Waals surface area contributed by atoms with Gasteiger partial charge in [0, 0.05) is 6.54 Å². The molecule has 2 nitrogen and oxygen atoms in total. The van der Waals surface area contributed by atoms with Gasteiger partial charge in [-0.2, -0.15) is 13.2 Å². The summed E-state index contributed by atoms with van der Waals surface area (Å²) < 4.78 is 48.9. The number of aromatic hydroxyl groups is 1. The number of benzene rings is 1. The molecule has 0 amide bonds. The molecule has 1 aromatic rings. The van der Waals surface area contributed by atoms with E-state index in [4.69, 9.17) is 5.11 Å². The van der Waals surface area contributed by atoms with Gasteiger partial charge in [0.05, 0.1) is 6.54 Å². The van der Waals surface area contributed by atoms with Gasteiger partial charge in [0.2, 0.25) is 0 Å². The number of rotatable bonds is 3. The van der Waals surface area contributed by atoms with Crippen LogP contribution in [-0.4, -0.2) is 29.8 Å². The summed E-state index contributed by atoms with van der Waals surface area (Å²) in [7, 11) is 1.29. The van der Waals surface area contributed by atoms with Gasteiger partial charge in [-0.25, -0.2) is 4.39 Å². The van der Waals surface area contributed by atoms with Gasteiger partial charge in [-0.3, -0.25) is 4.90 Å². The smallest absolute Gasteiger partial charge is 0.401 e. The van der Waals surface area contributed by atoms with Crippen molar-refractivity contribution in [2.45, 2.75) is 12.7 Å². The van der Waals surface area contributed by atoms with Crippen molar-refractivity contribution >= 4 is 0 Å². The van der Waals surface area contributed by atoms with Gasteiger partial charge in [-0.15, -0.1) is 0 Å². The maximum absolute atomic E-state index is 12.9. The van der Waals surface area contributed by atoms with Gasteiger partial charge in [0.1, 0.15) is 0 Å². The largest absolute Gasteiger partial charge is 0.505 e. The van der Waals surface area contributed by atoms with Gasteiger partial charge in [0.25, 0.3) is 0 Å². The highest BCUT2D eigenvalue weighted by Gasteiger charge is 2.29. The first kappa shape index (κ1) is 12.8. The molecule has 0 atom stereocenters. The molecule has 0 heterocycles. The van der Waals surface area contributed by atoms with Crippen molar-refractivity contribution in [2.24, 2.45) is 0 Å². The standard InChI is InChI=1S/C10H11F4NO/c1-15(6-10(12,13)14)5-7-2-3-9(16)8(11)4-7/h2-4,16H,5-6H2,1H3. The van der Waals surface area contributed by atoms with E-state index in [1.165, 1.54) is 13.1 Å². The average Bonchev–Trinajstić information content (AvgIpc) is 2.08. The highest BCUT2D eigenvalue weighted by atomic mass is 19.4. The molecule has 0 unspecified atom stereocenters. The molecule has 0 aliphatic carbocycles. The monoisotopic (exact) mass is 237 g/mol. The average molecular weight is 237 g/mol. The van der Waals surface area contributed by atoms with Crippen molar-refractivity contribution in [3.63, 3.8) is 0 Å². The van der Waals surface area contributed by atoms with Crippen LogP contribution in [0.1, 0.15) is 5.56 Å². The fourth-order valence-corrected chi connectivity index (χ4v) is 1.32. The second-order valence-electron chi connectivity index (χ2n) is 3.57. The maximum Gasteiger partial charge on any atom is 0.401 e. The quantitative estimate of drug-likeness (QED) is 0.816. The van der Waals surface area contributed by atoms with Gasteiger partial charge in [-0.1, -0.05) is 6.07 Å². The fraction of sp³-hybridized carbons (Fsp3) is 0.400. The number of phenols is 1. The van der Waals surface area contributed by atoms with Crippen molar-refractivity contribution in [1.29, 1.82) is 0 Å². The summed E-state index contributed by atoms with van der Waals surface area (Å²) >= 11 is 0. The molecule has 1 N–H and O–H groups in total. The molecule has 0 saturated heterocycles. The summed E-state index contributed by atoms with van der Waals surface area (Å²) in [6.45, 7) is -1.09. The van der Waals surface area contributed by atoms with Crippen LogP contribution in [0, 0.1) is 5.82 Å². The zero-order chi connectivity index (χ0) is 12.3. The van der Waals surface area contributed by atoms with Crippen molar-refractivity contribution in [2.75, 3.05) is 13.6 Å². The number of hydrogen-bond donors (Lipinski definition) is 1. The Hall–Kier alpha value is -1.30. The first-order valence-electron chi connectivity index (χ1n) is 4.50. The lowest BCUT2D eigenvalue weighted by molar-refractivity contribution is -0.144. The van der Waals surface area contributed by atoms with Crippen LogP contribution in [0.15, 0.2) is 18.2 Å². The molecule has 0 spiro atoms. The Kier molecular flexibility index (Phi) is 3.74. The lowest BCUT2D eigenvalue weighted by Crippen LogP contribution is -2.30. The van der Waals surface area contributed by atoms with E-state index in [9.17, 15) is 17.6 Å². The van der Waals surface area contributed by atoms with Crippen molar-refractivity contribution in [3.05, 3.63) is 29.6 Å². The number of alkyl halides is 3. The Morgan fingerprint density at radius 1 is 1.31 bits per heavy atom. The summed E-state index contributed by atoms with van der Waals surface area (Å²) in [5.74, 6) is -1.35. The van der Waals surface area contributed by atoms with Gasteiger partial charge >= 0.3 is 6.18 Å². The molecule has 0 radical (unpaired) electrons. The summed E-state index contributed by atoms with van der Waals surface area (Å²) in [5, 5.41) is 8.90. The number of hydrogen-bond acceptors (Lipinski definition) is 2. The van der Waals surface area contributed by atoms with Gasteiger partial charge < -0.3 is 5.11 Å². The molecule has 0 bridgehead atoms. The van der Waals surface area contributed by atoms with E-state index in [2.05, 4.69) is 0 Å². The molecule has 1 aromatic carbocycles. The summed E-state index contributed by atoms with van der Waals surface area (Å²) in [6.07, 6.45) is -4.27. The minimum absolute atomic E-state index is 0.0310. The second-order valence-corrected chi connectivity index (χ2v) is 3.57. The zero-order valence-corrected chi connectivity index (χ0v) is 8.55. The SMILES string of the molecule is CN(Cc1ccc(O)c(F)c1)CC(F)(F)F. The molecule has 0 fully saturated rings. The van der Waals surface area contributed by atoms with E-state index < -0.39 is 24.3 Å². The number of halogens is 4. The van der Waals surface area contributed by atoms with Crippen LogP contribution in [0.5, 0.6) is 5.75 Å². The van der Waals surface area contributed by atoms with Crippen LogP contribution in [0.3, 0.4) is 0 Å². The lowest BCUT2D eigenvalue weighted by atomic mass is 10.2. The number of phenolic OH excluding ortho intramolecular Hbond substituents is 1. The van der Waals surface area contributed by atoms with Crippen LogP contribution in [-0.2, 0) is 6.54 Å². The Balaban J connectivity index is 2.63. The van der Waals surface area contributed by atoms with Gasteiger partial charge in [0.15, 0.2) is 11.6 Å². The van der Waals surface area contributed by atoms with E-state index in [0.717, 1.165) is 17.0 Å². The molecular formula is C10H11F4NO. The van der Waals surface area contributed by atoms with Crippen molar-refractivity contribution in [1.82, 2.24) is 4.90 Å². The van der Waals surface area contributed by atoms with Gasteiger partial charge in [-0.05, 0) is 24.7 Å². The highest BCUT2D eigenvalue weighted by Crippen LogP contribution is 2.19. The first-order valence-corrected chi connectivity index (χ1v) is 4.50. The lowest BCUT2D eigenvalue weighted by Gasteiger charge is -2.18. The molecule has 0 aliphatic heterocycles. The summed E-state index contributed by atoms with van der Waals surface area (Å²) in [6, 6.07) is 3.51. The van der Waals surface area contributed by atoms with Crippen LogP contribution < -0.4 is 0 Å². The minimum Gasteiger partial charge on any atom is -0.505 e. The Morgan fingerprint density at radius 2 is 1.94 bits per heavy atom. The Bertz CT molecular complexity index is 364. The molecular weight excluding hydrogens is 226 g/mol. The van der Waals surface area contributed by atoms with E-state index in [1.807, 2.05) is 0 Å². The van der Waals surface area contributed by atoms with Crippen LogP contribution in [0.2, 0.25) is 0 Å². The minimum atomic E-state index is -4.27. The molecule has 0 aromatic heterocycles. The molecule has 0 saturated carbocycles. The predicted molar refractivity (Wildman–Crippen MR) is 50.5 cm³/mol. The third kappa shape index (κ3) is 4.06. The van der Waals surface area contributed by atoms with E-state index in [0.29, 0.717) is 5.56 Å². The molecule has 6 heteroatoms. The molecule has 1 rings (SSSR count). The topological polar surface area (TPSA) is 23.5 Å². The van der Waals surface area contributed by atoms with Crippen molar-refractivity contribution < 1.29 is 22.7 Å². The van der Waals surface area contributed by atoms with E-state index >= 15 is 0 Å². The third-order valence-corrected chi connectivity index (χ3v) is 1.91. The highest BCUT2D eigenvalue weighted by molar-refractivity contribution is 5.27. The molecule has 0 aliphatic rings. The van der Waals surface area contributed by atoms with Crippen LogP contribution in [0.4, 0.5) is 17.6 Å². The van der Waals surface area contributed by atoms with Crippen LogP contribution >= 0.6 is 0 Å². The summed E-state index contributed by atoms with van der Waals surface area (Å²) in [4.78, 5) is 1.02. The Morgan fingerprint density at radius 3 is 2.44 bits per heavy atom. The van der Waals surface area contributed by atoms with E-state index in [1.54, 1.807) is 0 Å². The van der Waals surface area contributed by atoms with Crippen LogP contribution in [0.25, 0.3) is 0 Å². The number of nitrogens with zero attached hydrogens (tertiary/aromatic N) is 1. The Labute approximate surface area is 90.1 Å². The summed E-state index contributed by atoms with van der Waals surface area (Å²) in [5.41, 5.74) is 0.377. The molecule has 16 heavy (non-hydrogen) atoms. The first-order chi connectivity index (χ1) is 7.28.